The average Bonchev–Trinajstić information content (AvgIpc) is 3.06. The highest BCUT2D eigenvalue weighted by Gasteiger charge is 2.32. The zero-order chi connectivity index (χ0) is 16.2. The molecule has 2 amide bonds. The van der Waals surface area contributed by atoms with Gasteiger partial charge in [0.2, 0.25) is 11.8 Å². The van der Waals surface area contributed by atoms with Crippen LogP contribution in [-0.4, -0.2) is 40.4 Å². The fraction of sp³-hybridized carbons (Fsp3) is 0.667. The zero-order valence-corrected chi connectivity index (χ0v) is 14.0. The Kier molecular flexibility index (Phi) is 5.03. The predicted octanol–water partition coefficient (Wildman–Crippen LogP) is 1.86. The van der Waals surface area contributed by atoms with Gasteiger partial charge in [-0.1, -0.05) is 19.3 Å². The van der Waals surface area contributed by atoms with E-state index < -0.39 is 0 Å². The highest BCUT2D eigenvalue weighted by Crippen LogP contribution is 2.26. The van der Waals surface area contributed by atoms with Gasteiger partial charge >= 0.3 is 0 Å². The van der Waals surface area contributed by atoms with E-state index in [1.165, 1.54) is 32.1 Å². The molecule has 1 N–H and O–H groups in total. The van der Waals surface area contributed by atoms with E-state index in [1.807, 2.05) is 35.0 Å². The molecule has 1 aliphatic heterocycles. The number of aromatic nitrogens is 1. The highest BCUT2D eigenvalue weighted by molar-refractivity contribution is 5.83. The predicted molar refractivity (Wildman–Crippen MR) is 88.8 cm³/mol. The van der Waals surface area contributed by atoms with Gasteiger partial charge in [-0.3, -0.25) is 9.59 Å². The Bertz CT molecular complexity index is 560. The molecule has 0 radical (unpaired) electrons. The zero-order valence-electron chi connectivity index (χ0n) is 14.0. The first-order valence-electron chi connectivity index (χ1n) is 8.78. The molecule has 0 spiro atoms. The molecule has 1 aliphatic carbocycles. The van der Waals surface area contributed by atoms with Gasteiger partial charge in [-0.2, -0.15) is 0 Å². The number of likely N-dealkylation sites (tertiary alicyclic amines) is 1. The summed E-state index contributed by atoms with van der Waals surface area (Å²) < 4.78 is 1.94. The Morgan fingerprint density at radius 1 is 1.30 bits per heavy atom. The van der Waals surface area contributed by atoms with Gasteiger partial charge in [0.25, 0.3) is 0 Å². The number of hydrogen-bond acceptors (Lipinski definition) is 2. The van der Waals surface area contributed by atoms with Crippen LogP contribution in [0.25, 0.3) is 0 Å². The smallest absolute Gasteiger partial charge is 0.224 e. The van der Waals surface area contributed by atoms with Crippen LogP contribution in [0.5, 0.6) is 0 Å². The second-order valence-corrected chi connectivity index (χ2v) is 7.13. The lowest BCUT2D eigenvalue weighted by atomic mass is 9.89. The minimum atomic E-state index is -0.0256. The summed E-state index contributed by atoms with van der Waals surface area (Å²) in [7, 11) is 1.94. The standard InChI is InChI=1S/C18H27N3O2/c1-20-8-7-15(11-20)9-17(22)19-16-10-18(23)21(13-16)12-14-5-3-2-4-6-14/h7-8,11,14,16H,2-6,9-10,12-13H2,1H3,(H,19,22). The SMILES string of the molecule is Cn1ccc(CC(=O)NC2CC(=O)N(CC3CCCCC3)C2)c1. The summed E-state index contributed by atoms with van der Waals surface area (Å²) in [6, 6.07) is 1.93. The molecule has 126 valence electrons. The number of carbonyl (C=O) groups is 2. The van der Waals surface area contributed by atoms with Crippen LogP contribution >= 0.6 is 0 Å². The summed E-state index contributed by atoms with van der Waals surface area (Å²) in [5.41, 5.74) is 1.01. The van der Waals surface area contributed by atoms with Crippen molar-refractivity contribution in [1.82, 2.24) is 14.8 Å². The number of nitrogens with one attached hydrogen (secondary N) is 1. The van der Waals surface area contributed by atoms with Crippen LogP contribution in [0.4, 0.5) is 0 Å². The van der Waals surface area contributed by atoms with E-state index in [2.05, 4.69) is 5.32 Å². The molecule has 0 bridgehead atoms. The first-order chi connectivity index (χ1) is 11.1. The summed E-state index contributed by atoms with van der Waals surface area (Å²) in [4.78, 5) is 26.3. The van der Waals surface area contributed by atoms with Gasteiger partial charge in [0.1, 0.15) is 0 Å². The van der Waals surface area contributed by atoms with Crippen LogP contribution in [0.1, 0.15) is 44.1 Å². The van der Waals surface area contributed by atoms with E-state index in [0.29, 0.717) is 25.3 Å². The third kappa shape index (κ3) is 4.36. The molecule has 1 saturated heterocycles. The van der Waals surface area contributed by atoms with Gasteiger partial charge in [-0.05, 0) is 30.4 Å². The maximum Gasteiger partial charge on any atom is 0.224 e. The molecule has 3 rings (SSSR count). The van der Waals surface area contributed by atoms with Crippen molar-refractivity contribution in [2.75, 3.05) is 13.1 Å². The first-order valence-corrected chi connectivity index (χ1v) is 8.78. The topological polar surface area (TPSA) is 54.3 Å². The van der Waals surface area contributed by atoms with Crippen LogP contribution in [0, 0.1) is 5.92 Å². The fourth-order valence-electron chi connectivity index (χ4n) is 3.86. The molecule has 1 aromatic heterocycles. The normalized spacial score (nSPS) is 22.6. The van der Waals surface area contributed by atoms with Crippen molar-refractivity contribution in [2.45, 2.75) is 51.0 Å². The lowest BCUT2D eigenvalue weighted by Gasteiger charge is -2.27. The van der Waals surface area contributed by atoms with E-state index in [0.717, 1.165) is 12.1 Å². The van der Waals surface area contributed by atoms with Crippen LogP contribution in [-0.2, 0) is 23.1 Å². The molecule has 5 nitrogen and oxygen atoms in total. The Morgan fingerprint density at radius 2 is 2.09 bits per heavy atom. The quantitative estimate of drug-likeness (QED) is 0.901. The van der Waals surface area contributed by atoms with Crippen LogP contribution in [0.3, 0.4) is 0 Å². The molecule has 2 fully saturated rings. The van der Waals surface area contributed by atoms with Crippen molar-refractivity contribution in [3.05, 3.63) is 24.0 Å². The summed E-state index contributed by atoms with van der Waals surface area (Å²) in [5, 5.41) is 3.02. The number of hydrogen-bond donors (Lipinski definition) is 1. The molecular weight excluding hydrogens is 290 g/mol. The first kappa shape index (κ1) is 16.1. The van der Waals surface area contributed by atoms with Crippen LogP contribution < -0.4 is 5.32 Å². The molecular formula is C18H27N3O2. The molecule has 23 heavy (non-hydrogen) atoms. The van der Waals surface area contributed by atoms with Gasteiger partial charge in [-0.15, -0.1) is 0 Å². The molecule has 1 unspecified atom stereocenters. The number of amides is 2. The van der Waals surface area contributed by atoms with E-state index in [1.54, 1.807) is 0 Å². The van der Waals surface area contributed by atoms with Crippen molar-refractivity contribution in [3.8, 4) is 0 Å². The molecule has 0 aromatic carbocycles. The van der Waals surface area contributed by atoms with E-state index in [9.17, 15) is 9.59 Å². The second-order valence-electron chi connectivity index (χ2n) is 7.13. The van der Waals surface area contributed by atoms with Crippen molar-refractivity contribution in [1.29, 1.82) is 0 Å². The molecule has 1 atom stereocenters. The molecule has 1 saturated carbocycles. The maximum atomic E-state index is 12.2. The maximum absolute atomic E-state index is 12.2. The monoisotopic (exact) mass is 317 g/mol. The Balaban J connectivity index is 1.46. The minimum absolute atomic E-state index is 0.00789. The number of rotatable bonds is 5. The summed E-state index contributed by atoms with van der Waals surface area (Å²) >= 11 is 0. The minimum Gasteiger partial charge on any atom is -0.357 e. The highest BCUT2D eigenvalue weighted by atomic mass is 16.2. The molecule has 2 heterocycles. The Morgan fingerprint density at radius 3 is 2.78 bits per heavy atom. The van der Waals surface area contributed by atoms with Gasteiger partial charge in [0.05, 0.1) is 12.5 Å². The molecule has 1 aromatic rings. The Labute approximate surface area is 138 Å². The van der Waals surface area contributed by atoms with E-state index in [-0.39, 0.29) is 17.9 Å². The van der Waals surface area contributed by atoms with Gasteiger partial charge in [-0.25, -0.2) is 0 Å². The second kappa shape index (κ2) is 7.20. The number of aryl methyl sites for hydroxylation is 1. The van der Waals surface area contributed by atoms with Crippen LogP contribution in [0.15, 0.2) is 18.5 Å². The summed E-state index contributed by atoms with van der Waals surface area (Å²) in [5.74, 6) is 0.862. The third-order valence-corrected chi connectivity index (χ3v) is 5.04. The van der Waals surface area contributed by atoms with E-state index >= 15 is 0 Å². The number of nitrogens with zero attached hydrogens (tertiary/aromatic N) is 2. The van der Waals surface area contributed by atoms with Gasteiger partial charge < -0.3 is 14.8 Å². The summed E-state index contributed by atoms with van der Waals surface area (Å²) in [6.07, 6.45) is 11.1. The fourth-order valence-corrected chi connectivity index (χ4v) is 3.86. The largest absolute Gasteiger partial charge is 0.357 e. The van der Waals surface area contributed by atoms with Crippen molar-refractivity contribution in [3.63, 3.8) is 0 Å². The Hall–Kier alpha value is -1.78. The molecule has 5 heteroatoms. The lowest BCUT2D eigenvalue weighted by molar-refractivity contribution is -0.128. The third-order valence-electron chi connectivity index (χ3n) is 5.04. The summed E-state index contributed by atoms with van der Waals surface area (Å²) in [6.45, 7) is 1.56. The van der Waals surface area contributed by atoms with E-state index in [4.69, 9.17) is 0 Å². The average molecular weight is 317 g/mol. The van der Waals surface area contributed by atoms with Gasteiger partial charge in [0, 0.05) is 39.0 Å². The number of carbonyl (C=O) groups excluding carboxylic acids is 2. The van der Waals surface area contributed by atoms with Crippen molar-refractivity contribution >= 4 is 11.8 Å². The van der Waals surface area contributed by atoms with Crippen LogP contribution in [0.2, 0.25) is 0 Å². The molecule has 2 aliphatic rings. The van der Waals surface area contributed by atoms with Crippen molar-refractivity contribution in [2.24, 2.45) is 13.0 Å². The van der Waals surface area contributed by atoms with Gasteiger partial charge in [0.15, 0.2) is 0 Å². The lowest BCUT2D eigenvalue weighted by Crippen LogP contribution is -2.39. The van der Waals surface area contributed by atoms with Crippen molar-refractivity contribution < 1.29 is 9.59 Å².